The van der Waals surface area contributed by atoms with E-state index in [9.17, 15) is 4.79 Å². The number of morpholine rings is 1. The Labute approximate surface area is 186 Å². The molecule has 4 rings (SSSR count). The lowest BCUT2D eigenvalue weighted by molar-refractivity contribution is -0.118. The number of aromatic nitrogens is 2. The Morgan fingerprint density at radius 3 is 2.74 bits per heavy atom. The smallest absolute Gasteiger partial charge is 0.262 e. The number of carbonyl (C=O) groups is 1. The molecule has 0 bridgehead atoms. The zero-order chi connectivity index (χ0) is 21.8. The van der Waals surface area contributed by atoms with Crippen LogP contribution in [0.5, 0.6) is 5.75 Å². The number of nitrogens with zero attached hydrogens (tertiary/aromatic N) is 3. The molecule has 0 unspecified atom stereocenters. The van der Waals surface area contributed by atoms with Crippen molar-refractivity contribution < 1.29 is 14.3 Å². The van der Waals surface area contributed by atoms with Gasteiger partial charge < -0.3 is 19.4 Å². The lowest BCUT2D eigenvalue weighted by Crippen LogP contribution is -2.36. The molecule has 0 atom stereocenters. The molecule has 31 heavy (non-hydrogen) atoms. The van der Waals surface area contributed by atoms with Gasteiger partial charge in [-0.25, -0.2) is 4.98 Å². The highest BCUT2D eigenvalue weighted by Gasteiger charge is 2.18. The van der Waals surface area contributed by atoms with Crippen molar-refractivity contribution in [3.8, 4) is 5.75 Å². The van der Waals surface area contributed by atoms with E-state index in [1.165, 1.54) is 0 Å². The van der Waals surface area contributed by atoms with Gasteiger partial charge in [-0.05, 0) is 44.2 Å². The van der Waals surface area contributed by atoms with Crippen LogP contribution in [-0.4, -0.2) is 53.3 Å². The number of ether oxygens (including phenoxy) is 2. The molecule has 1 fully saturated rings. The largest absolute Gasteiger partial charge is 0.482 e. The summed E-state index contributed by atoms with van der Waals surface area (Å²) < 4.78 is 13.2. The number of nitrogens with one attached hydrogen (secondary N) is 1. The third-order valence-corrected chi connectivity index (χ3v) is 5.54. The van der Waals surface area contributed by atoms with E-state index < -0.39 is 0 Å². The molecule has 1 N–H and O–H groups in total. The third-order valence-electron chi connectivity index (χ3n) is 5.23. The van der Waals surface area contributed by atoms with E-state index >= 15 is 0 Å². The van der Waals surface area contributed by atoms with Crippen LogP contribution in [0.3, 0.4) is 0 Å². The monoisotopic (exact) mass is 442 g/mol. The highest BCUT2D eigenvalue weighted by molar-refractivity contribution is 6.32. The predicted octanol–water partition coefficient (Wildman–Crippen LogP) is 4.12. The highest BCUT2D eigenvalue weighted by atomic mass is 35.5. The van der Waals surface area contributed by atoms with Crippen LogP contribution in [0, 0.1) is 0 Å². The Bertz CT molecular complexity index is 1060. The third kappa shape index (κ3) is 5.18. The number of benzene rings is 2. The number of halogens is 1. The lowest BCUT2D eigenvalue weighted by atomic mass is 10.2. The molecule has 2 aromatic carbocycles. The number of carbonyl (C=O) groups excluding carboxylic acids is 1. The zero-order valence-corrected chi connectivity index (χ0v) is 18.6. The highest BCUT2D eigenvalue weighted by Crippen LogP contribution is 2.26. The number of fused-ring (bicyclic) bond motifs is 1. The number of anilines is 1. The van der Waals surface area contributed by atoms with E-state index in [4.69, 9.17) is 26.1 Å². The predicted molar refractivity (Wildman–Crippen MR) is 122 cm³/mol. The molecule has 2 heterocycles. The Morgan fingerprint density at radius 2 is 2.00 bits per heavy atom. The summed E-state index contributed by atoms with van der Waals surface area (Å²) in [6.45, 7) is 8.32. The van der Waals surface area contributed by atoms with E-state index in [2.05, 4.69) is 28.6 Å². The number of rotatable bonds is 7. The number of imidazole rings is 1. The number of amides is 1. The first-order valence-electron chi connectivity index (χ1n) is 10.5. The fourth-order valence-electron chi connectivity index (χ4n) is 3.78. The van der Waals surface area contributed by atoms with Crippen molar-refractivity contribution in [1.82, 2.24) is 14.5 Å². The summed E-state index contributed by atoms with van der Waals surface area (Å²) in [6.07, 6.45) is 0. The minimum Gasteiger partial charge on any atom is -0.482 e. The molecule has 0 saturated carbocycles. The second-order valence-corrected chi connectivity index (χ2v) is 8.26. The zero-order valence-electron chi connectivity index (χ0n) is 17.8. The van der Waals surface area contributed by atoms with Gasteiger partial charge in [0.1, 0.15) is 11.6 Å². The van der Waals surface area contributed by atoms with E-state index in [1.807, 2.05) is 30.3 Å². The molecule has 1 aliphatic rings. The number of hydrogen-bond donors (Lipinski definition) is 1. The summed E-state index contributed by atoms with van der Waals surface area (Å²) in [4.78, 5) is 19.6. The first-order valence-corrected chi connectivity index (χ1v) is 10.9. The van der Waals surface area contributed by atoms with Gasteiger partial charge in [-0.3, -0.25) is 9.69 Å². The molecular weight excluding hydrogens is 416 g/mol. The average molecular weight is 443 g/mol. The van der Waals surface area contributed by atoms with Crippen LogP contribution in [0.25, 0.3) is 11.0 Å². The summed E-state index contributed by atoms with van der Waals surface area (Å²) in [7, 11) is 0. The van der Waals surface area contributed by atoms with E-state index in [1.54, 1.807) is 12.1 Å². The van der Waals surface area contributed by atoms with Gasteiger partial charge in [0.05, 0.1) is 35.8 Å². The van der Waals surface area contributed by atoms with Crippen LogP contribution in [-0.2, 0) is 16.1 Å². The maximum Gasteiger partial charge on any atom is 0.262 e. The van der Waals surface area contributed by atoms with E-state index in [-0.39, 0.29) is 18.6 Å². The van der Waals surface area contributed by atoms with Gasteiger partial charge in [0.2, 0.25) is 0 Å². The van der Waals surface area contributed by atoms with E-state index in [0.29, 0.717) is 16.5 Å². The van der Waals surface area contributed by atoms with Crippen LogP contribution in [0.1, 0.15) is 25.7 Å². The van der Waals surface area contributed by atoms with Crippen molar-refractivity contribution in [1.29, 1.82) is 0 Å². The molecule has 1 aromatic heterocycles. The maximum absolute atomic E-state index is 12.4. The molecule has 0 spiro atoms. The quantitative estimate of drug-likeness (QED) is 0.596. The van der Waals surface area contributed by atoms with Gasteiger partial charge in [-0.2, -0.15) is 0 Å². The second kappa shape index (κ2) is 9.68. The molecule has 8 heteroatoms. The lowest BCUT2D eigenvalue weighted by Gasteiger charge is -2.27. The summed E-state index contributed by atoms with van der Waals surface area (Å²) in [6, 6.07) is 13.2. The maximum atomic E-state index is 12.4. The molecule has 1 aliphatic heterocycles. The van der Waals surface area contributed by atoms with Crippen molar-refractivity contribution in [2.45, 2.75) is 26.4 Å². The molecule has 3 aromatic rings. The van der Waals surface area contributed by atoms with Crippen molar-refractivity contribution in [3.63, 3.8) is 0 Å². The summed E-state index contributed by atoms with van der Waals surface area (Å²) >= 11 is 6.07. The van der Waals surface area contributed by atoms with Crippen molar-refractivity contribution in [2.75, 3.05) is 38.2 Å². The molecule has 1 amide bonds. The minimum atomic E-state index is -0.254. The molecule has 0 aliphatic carbocycles. The molecule has 1 saturated heterocycles. The van der Waals surface area contributed by atoms with Crippen LogP contribution in [0.4, 0.5) is 5.69 Å². The van der Waals surface area contributed by atoms with Gasteiger partial charge >= 0.3 is 0 Å². The topological polar surface area (TPSA) is 68.6 Å². The van der Waals surface area contributed by atoms with Gasteiger partial charge in [-0.15, -0.1) is 0 Å². The first-order chi connectivity index (χ1) is 15.0. The average Bonchev–Trinajstić information content (AvgIpc) is 3.11. The van der Waals surface area contributed by atoms with Crippen LogP contribution in [0.2, 0.25) is 5.02 Å². The summed E-state index contributed by atoms with van der Waals surface area (Å²) in [5, 5.41) is 3.36. The number of hydrogen-bond acceptors (Lipinski definition) is 5. The summed E-state index contributed by atoms with van der Waals surface area (Å²) in [5.74, 6) is 1.26. The van der Waals surface area contributed by atoms with Gasteiger partial charge in [0.15, 0.2) is 6.61 Å². The minimum absolute atomic E-state index is 0.121. The van der Waals surface area contributed by atoms with Crippen LogP contribution >= 0.6 is 11.6 Å². The Balaban J connectivity index is 1.48. The first kappa shape index (κ1) is 21.6. The SMILES string of the molecule is CC(C)n1c(CN2CCOCC2)nc2cc(NC(=O)COc3ccccc3Cl)ccc21. The molecular formula is C23H27ClN4O3. The van der Waals surface area contributed by atoms with Crippen LogP contribution < -0.4 is 10.1 Å². The second-order valence-electron chi connectivity index (χ2n) is 7.85. The van der Waals surface area contributed by atoms with Crippen molar-refractivity contribution >= 4 is 34.2 Å². The Morgan fingerprint density at radius 1 is 1.23 bits per heavy atom. The Kier molecular flexibility index (Phi) is 6.75. The van der Waals surface area contributed by atoms with Gasteiger partial charge in [-0.1, -0.05) is 23.7 Å². The van der Waals surface area contributed by atoms with Crippen LogP contribution in [0.15, 0.2) is 42.5 Å². The van der Waals surface area contributed by atoms with Crippen molar-refractivity contribution in [3.05, 3.63) is 53.3 Å². The fourth-order valence-corrected chi connectivity index (χ4v) is 3.97. The molecule has 164 valence electrons. The van der Waals surface area contributed by atoms with Gasteiger partial charge in [0.25, 0.3) is 5.91 Å². The summed E-state index contributed by atoms with van der Waals surface area (Å²) in [5.41, 5.74) is 2.61. The standard InChI is InChI=1S/C23H27ClN4O3/c1-16(2)28-20-8-7-17(25-23(29)15-31-21-6-4-3-5-18(21)24)13-19(20)26-22(28)14-27-9-11-30-12-10-27/h3-8,13,16H,9-12,14-15H2,1-2H3,(H,25,29). The van der Waals surface area contributed by atoms with E-state index in [0.717, 1.165) is 49.7 Å². The van der Waals surface area contributed by atoms with Crippen molar-refractivity contribution in [2.24, 2.45) is 0 Å². The molecule has 7 nitrogen and oxygen atoms in total. The fraction of sp³-hybridized carbons (Fsp3) is 0.391. The van der Waals surface area contributed by atoms with Gasteiger partial charge in [0, 0.05) is 24.8 Å². The normalized spacial score (nSPS) is 14.8. The number of para-hydroxylation sites is 1. The Hall–Kier alpha value is -2.61. The molecule has 0 radical (unpaired) electrons.